The van der Waals surface area contributed by atoms with Crippen molar-refractivity contribution in [1.82, 2.24) is 9.78 Å². The predicted octanol–water partition coefficient (Wildman–Crippen LogP) is 1.45. The molecule has 0 saturated heterocycles. The van der Waals surface area contributed by atoms with Crippen LogP contribution in [0.2, 0.25) is 0 Å². The maximum absolute atomic E-state index is 12.2. The van der Waals surface area contributed by atoms with E-state index in [0.29, 0.717) is 11.4 Å². The van der Waals surface area contributed by atoms with E-state index in [9.17, 15) is 9.90 Å². The van der Waals surface area contributed by atoms with Crippen LogP contribution >= 0.6 is 0 Å². The second-order valence-electron chi connectivity index (χ2n) is 4.71. The van der Waals surface area contributed by atoms with Crippen LogP contribution in [0.4, 0.5) is 11.4 Å². The van der Waals surface area contributed by atoms with Gasteiger partial charge in [0, 0.05) is 18.8 Å². The van der Waals surface area contributed by atoms with E-state index in [4.69, 9.17) is 5.73 Å². The zero-order valence-corrected chi connectivity index (χ0v) is 11.8. The number of likely N-dealkylation sites (N-methyl/N-ethyl adjacent to an activating group) is 1. The number of carbonyl (C=O) groups excluding carboxylic acids is 1. The molecule has 2 rings (SSSR count). The van der Waals surface area contributed by atoms with Gasteiger partial charge >= 0.3 is 0 Å². The van der Waals surface area contributed by atoms with Crippen molar-refractivity contribution in [3.05, 3.63) is 35.7 Å². The van der Waals surface area contributed by atoms with E-state index in [2.05, 4.69) is 5.10 Å². The van der Waals surface area contributed by atoms with Gasteiger partial charge in [-0.3, -0.25) is 9.48 Å². The largest absolute Gasteiger partial charge is 0.508 e. The van der Waals surface area contributed by atoms with E-state index in [-0.39, 0.29) is 18.2 Å². The molecule has 0 bridgehead atoms. The van der Waals surface area contributed by atoms with Gasteiger partial charge < -0.3 is 15.7 Å². The van der Waals surface area contributed by atoms with E-state index in [1.807, 2.05) is 13.8 Å². The van der Waals surface area contributed by atoms with Crippen LogP contribution in [0.1, 0.15) is 11.4 Å². The first kappa shape index (κ1) is 13.9. The van der Waals surface area contributed by atoms with Crippen LogP contribution in [0.15, 0.2) is 24.3 Å². The summed E-state index contributed by atoms with van der Waals surface area (Å²) < 4.78 is 1.59. The smallest absolute Gasteiger partial charge is 0.248 e. The van der Waals surface area contributed by atoms with Crippen molar-refractivity contribution in [2.45, 2.75) is 20.4 Å². The zero-order valence-electron chi connectivity index (χ0n) is 11.8. The molecule has 0 radical (unpaired) electrons. The number of nitrogen functional groups attached to an aromatic ring is 1. The summed E-state index contributed by atoms with van der Waals surface area (Å²) >= 11 is 0. The molecule has 1 aromatic heterocycles. The van der Waals surface area contributed by atoms with Crippen LogP contribution in [0, 0.1) is 13.8 Å². The van der Waals surface area contributed by atoms with Crippen LogP contribution < -0.4 is 10.6 Å². The van der Waals surface area contributed by atoms with Gasteiger partial charge in [-0.25, -0.2) is 0 Å². The summed E-state index contributed by atoms with van der Waals surface area (Å²) in [6.45, 7) is 3.75. The molecular formula is C14H18N4O2. The van der Waals surface area contributed by atoms with Gasteiger partial charge in [0.15, 0.2) is 0 Å². The number of benzene rings is 1. The summed E-state index contributed by atoms with van der Waals surface area (Å²) in [5.41, 5.74) is 8.58. The molecule has 0 unspecified atom stereocenters. The van der Waals surface area contributed by atoms with E-state index in [0.717, 1.165) is 11.4 Å². The maximum Gasteiger partial charge on any atom is 0.248 e. The van der Waals surface area contributed by atoms with Gasteiger partial charge in [0.2, 0.25) is 5.91 Å². The molecule has 1 heterocycles. The van der Waals surface area contributed by atoms with Crippen molar-refractivity contribution in [2.75, 3.05) is 17.7 Å². The molecule has 0 fully saturated rings. The highest BCUT2D eigenvalue weighted by molar-refractivity contribution is 5.92. The molecule has 0 atom stereocenters. The first-order valence-electron chi connectivity index (χ1n) is 6.25. The Morgan fingerprint density at radius 2 is 2.15 bits per heavy atom. The molecule has 6 heteroatoms. The third-order valence-corrected chi connectivity index (χ3v) is 3.31. The van der Waals surface area contributed by atoms with Crippen molar-refractivity contribution in [3.8, 4) is 5.75 Å². The number of aryl methyl sites for hydroxylation is 1. The Bertz CT molecular complexity index is 649. The minimum atomic E-state index is -0.138. The minimum absolute atomic E-state index is 0.107. The Hall–Kier alpha value is -2.50. The number of phenols is 1. The average Bonchev–Trinajstić information content (AvgIpc) is 2.65. The van der Waals surface area contributed by atoms with Gasteiger partial charge in [0.25, 0.3) is 0 Å². The molecule has 1 amide bonds. The number of rotatable bonds is 3. The molecule has 0 saturated carbocycles. The fourth-order valence-corrected chi connectivity index (χ4v) is 1.94. The maximum atomic E-state index is 12.2. The molecule has 2 aromatic rings. The summed E-state index contributed by atoms with van der Waals surface area (Å²) in [7, 11) is 1.66. The van der Waals surface area contributed by atoms with Gasteiger partial charge in [-0.2, -0.15) is 5.10 Å². The van der Waals surface area contributed by atoms with Gasteiger partial charge in [-0.15, -0.1) is 0 Å². The Morgan fingerprint density at radius 3 is 2.70 bits per heavy atom. The molecular weight excluding hydrogens is 256 g/mol. The normalized spacial score (nSPS) is 10.6. The first-order chi connectivity index (χ1) is 9.40. The van der Waals surface area contributed by atoms with E-state index >= 15 is 0 Å². The quantitative estimate of drug-likeness (QED) is 0.887. The van der Waals surface area contributed by atoms with Gasteiger partial charge in [0.1, 0.15) is 12.3 Å². The standard InChI is InChI=1S/C14H18N4O2/c1-9-14(15)10(2)18(16-9)8-13(20)17(3)11-5-4-6-12(19)7-11/h4-7,19H,8,15H2,1-3H3. The number of hydrogen-bond acceptors (Lipinski definition) is 4. The molecule has 0 aliphatic carbocycles. The Kier molecular flexibility index (Phi) is 3.65. The van der Waals surface area contributed by atoms with E-state index in [1.165, 1.54) is 11.0 Å². The SMILES string of the molecule is Cc1nn(CC(=O)N(C)c2cccc(O)c2)c(C)c1N. The predicted molar refractivity (Wildman–Crippen MR) is 77.6 cm³/mol. The van der Waals surface area contributed by atoms with Crippen molar-refractivity contribution in [1.29, 1.82) is 0 Å². The minimum Gasteiger partial charge on any atom is -0.508 e. The highest BCUT2D eigenvalue weighted by Gasteiger charge is 2.15. The number of nitrogens with two attached hydrogens (primary N) is 1. The van der Waals surface area contributed by atoms with Crippen LogP contribution in [-0.2, 0) is 11.3 Å². The Morgan fingerprint density at radius 1 is 1.45 bits per heavy atom. The monoisotopic (exact) mass is 274 g/mol. The zero-order chi connectivity index (χ0) is 14.9. The number of hydrogen-bond donors (Lipinski definition) is 2. The Labute approximate surface area is 117 Å². The molecule has 0 spiro atoms. The molecule has 20 heavy (non-hydrogen) atoms. The van der Waals surface area contributed by atoms with E-state index in [1.54, 1.807) is 29.9 Å². The van der Waals surface area contributed by atoms with Crippen LogP contribution in [0.3, 0.4) is 0 Å². The van der Waals surface area contributed by atoms with Crippen molar-refractivity contribution in [3.63, 3.8) is 0 Å². The van der Waals surface area contributed by atoms with Crippen LogP contribution in [-0.4, -0.2) is 27.8 Å². The fraction of sp³-hybridized carbons (Fsp3) is 0.286. The highest BCUT2D eigenvalue weighted by atomic mass is 16.3. The summed E-state index contributed by atoms with van der Waals surface area (Å²) in [5.74, 6) is -0.0151. The lowest BCUT2D eigenvalue weighted by atomic mass is 10.2. The molecule has 1 aromatic carbocycles. The molecule has 3 N–H and O–H groups in total. The number of carbonyl (C=O) groups is 1. The summed E-state index contributed by atoms with van der Waals surface area (Å²) in [6, 6.07) is 6.54. The lowest BCUT2D eigenvalue weighted by Crippen LogP contribution is -2.30. The summed E-state index contributed by atoms with van der Waals surface area (Å²) in [6.07, 6.45) is 0. The van der Waals surface area contributed by atoms with Crippen molar-refractivity contribution < 1.29 is 9.90 Å². The number of aromatic nitrogens is 2. The van der Waals surface area contributed by atoms with Crippen molar-refractivity contribution >= 4 is 17.3 Å². The van der Waals surface area contributed by atoms with Gasteiger partial charge in [0.05, 0.1) is 17.1 Å². The summed E-state index contributed by atoms with van der Waals surface area (Å²) in [4.78, 5) is 13.7. The molecule has 0 aliphatic heterocycles. The van der Waals surface area contributed by atoms with E-state index < -0.39 is 0 Å². The third-order valence-electron chi connectivity index (χ3n) is 3.31. The average molecular weight is 274 g/mol. The number of phenolic OH excluding ortho intramolecular Hbond substituents is 1. The highest BCUT2D eigenvalue weighted by Crippen LogP contribution is 2.20. The lowest BCUT2D eigenvalue weighted by Gasteiger charge is -2.18. The van der Waals surface area contributed by atoms with Gasteiger partial charge in [-0.05, 0) is 26.0 Å². The van der Waals surface area contributed by atoms with Crippen LogP contribution in [0.25, 0.3) is 0 Å². The van der Waals surface area contributed by atoms with Gasteiger partial charge in [-0.1, -0.05) is 6.07 Å². The number of nitrogens with zero attached hydrogens (tertiary/aromatic N) is 3. The summed E-state index contributed by atoms with van der Waals surface area (Å²) in [5, 5.41) is 13.7. The fourth-order valence-electron chi connectivity index (χ4n) is 1.94. The van der Waals surface area contributed by atoms with Crippen LogP contribution in [0.5, 0.6) is 5.75 Å². The molecule has 106 valence electrons. The lowest BCUT2D eigenvalue weighted by molar-refractivity contribution is -0.119. The number of anilines is 2. The second-order valence-corrected chi connectivity index (χ2v) is 4.71. The number of amides is 1. The number of aromatic hydroxyl groups is 1. The molecule has 0 aliphatic rings. The Balaban J connectivity index is 2.17. The second kappa shape index (κ2) is 5.24. The third kappa shape index (κ3) is 2.59. The first-order valence-corrected chi connectivity index (χ1v) is 6.25. The molecule has 6 nitrogen and oxygen atoms in total. The van der Waals surface area contributed by atoms with Crippen molar-refractivity contribution in [2.24, 2.45) is 0 Å². The topological polar surface area (TPSA) is 84.4 Å².